The van der Waals surface area contributed by atoms with Gasteiger partial charge in [0.15, 0.2) is 0 Å². The summed E-state index contributed by atoms with van der Waals surface area (Å²) in [5.41, 5.74) is 2.68. The Labute approximate surface area is 126 Å². The normalized spacial score (nSPS) is 11.0. The topological polar surface area (TPSA) is 12.0 Å². The van der Waals surface area contributed by atoms with E-state index in [0.29, 0.717) is 5.92 Å². The fraction of sp³-hybridized carbons (Fsp3) is 0.333. The molecule has 0 heterocycles. The summed E-state index contributed by atoms with van der Waals surface area (Å²) in [5, 5.41) is 3.47. The largest absolute Gasteiger partial charge is 0.312 e. The lowest BCUT2D eigenvalue weighted by Gasteiger charge is -2.09. The zero-order valence-corrected chi connectivity index (χ0v) is 13.3. The van der Waals surface area contributed by atoms with Crippen molar-refractivity contribution in [2.75, 3.05) is 6.54 Å². The Morgan fingerprint density at radius 3 is 2.35 bits per heavy atom. The second-order valence-corrected chi connectivity index (χ2v) is 6.65. The zero-order valence-electron chi connectivity index (χ0n) is 12.5. The predicted molar refractivity (Wildman–Crippen MR) is 88.3 cm³/mol. The molecule has 0 unspecified atom stereocenters. The minimum atomic E-state index is 0.700. The summed E-state index contributed by atoms with van der Waals surface area (Å²) in [5.74, 6) is 0.700. The van der Waals surface area contributed by atoms with Gasteiger partial charge in [0.05, 0.1) is 0 Å². The minimum Gasteiger partial charge on any atom is -0.312 e. The van der Waals surface area contributed by atoms with Crippen LogP contribution in [0.4, 0.5) is 0 Å². The molecule has 0 spiro atoms. The maximum absolute atomic E-state index is 3.47. The predicted octanol–water partition coefficient (Wildman–Crippen LogP) is 4.89. The number of hydrogen-bond donors (Lipinski definition) is 1. The Hall–Kier alpha value is -1.25. The number of aryl methyl sites for hydroxylation is 1. The summed E-state index contributed by atoms with van der Waals surface area (Å²) in [6.45, 7) is 8.64. The van der Waals surface area contributed by atoms with Crippen LogP contribution in [0.15, 0.2) is 58.3 Å². The van der Waals surface area contributed by atoms with Crippen molar-refractivity contribution in [3.05, 3.63) is 59.7 Å². The van der Waals surface area contributed by atoms with E-state index in [4.69, 9.17) is 0 Å². The van der Waals surface area contributed by atoms with Crippen molar-refractivity contribution in [3.63, 3.8) is 0 Å². The summed E-state index contributed by atoms with van der Waals surface area (Å²) in [6, 6.07) is 17.4. The van der Waals surface area contributed by atoms with E-state index in [0.717, 1.165) is 13.1 Å². The first-order valence-corrected chi connectivity index (χ1v) is 8.00. The Bertz CT molecular complexity index is 531. The molecule has 0 aliphatic carbocycles. The van der Waals surface area contributed by atoms with Crippen LogP contribution in [0.2, 0.25) is 0 Å². The highest BCUT2D eigenvalue weighted by Gasteiger charge is 2.01. The van der Waals surface area contributed by atoms with Gasteiger partial charge in [-0.25, -0.2) is 0 Å². The van der Waals surface area contributed by atoms with Gasteiger partial charge in [-0.15, -0.1) is 0 Å². The monoisotopic (exact) mass is 285 g/mol. The molecule has 0 aromatic heterocycles. The van der Waals surface area contributed by atoms with Crippen molar-refractivity contribution in [1.82, 2.24) is 5.32 Å². The fourth-order valence-corrected chi connectivity index (χ4v) is 2.88. The molecule has 106 valence electrons. The molecule has 0 bridgehead atoms. The maximum atomic E-state index is 3.47. The van der Waals surface area contributed by atoms with Crippen LogP contribution < -0.4 is 5.32 Å². The lowest BCUT2D eigenvalue weighted by atomic mass is 10.2. The van der Waals surface area contributed by atoms with Crippen LogP contribution in [0.3, 0.4) is 0 Å². The van der Waals surface area contributed by atoms with Gasteiger partial charge in [-0.1, -0.05) is 55.9 Å². The first-order valence-electron chi connectivity index (χ1n) is 7.18. The van der Waals surface area contributed by atoms with E-state index >= 15 is 0 Å². The lowest BCUT2D eigenvalue weighted by molar-refractivity contribution is 0.552. The smallest absolute Gasteiger partial charge is 0.0205 e. The Morgan fingerprint density at radius 1 is 1.00 bits per heavy atom. The average molecular weight is 285 g/mol. The highest BCUT2D eigenvalue weighted by Crippen LogP contribution is 2.29. The summed E-state index contributed by atoms with van der Waals surface area (Å²) >= 11 is 1.83. The van der Waals surface area contributed by atoms with Gasteiger partial charge in [-0.2, -0.15) is 0 Å². The second-order valence-electron chi connectivity index (χ2n) is 5.54. The highest BCUT2D eigenvalue weighted by atomic mass is 32.2. The van der Waals surface area contributed by atoms with E-state index in [2.05, 4.69) is 74.6 Å². The quantitative estimate of drug-likeness (QED) is 0.811. The molecule has 0 atom stereocenters. The van der Waals surface area contributed by atoms with Crippen molar-refractivity contribution in [1.29, 1.82) is 0 Å². The van der Waals surface area contributed by atoms with Gasteiger partial charge in [0.1, 0.15) is 0 Å². The van der Waals surface area contributed by atoms with Crippen LogP contribution >= 0.6 is 11.8 Å². The third-order valence-electron chi connectivity index (χ3n) is 3.13. The van der Waals surface area contributed by atoms with E-state index in [1.807, 2.05) is 11.8 Å². The van der Waals surface area contributed by atoms with Crippen LogP contribution in [0, 0.1) is 12.8 Å². The lowest BCUT2D eigenvalue weighted by Crippen LogP contribution is -2.18. The molecule has 0 saturated heterocycles. The van der Waals surface area contributed by atoms with Gasteiger partial charge in [-0.05, 0) is 48.7 Å². The SMILES string of the molecule is Cc1ccccc1Sc1ccc(CNCC(C)C)cc1. The molecule has 2 aromatic carbocycles. The van der Waals surface area contributed by atoms with Gasteiger partial charge in [-0.3, -0.25) is 0 Å². The molecule has 20 heavy (non-hydrogen) atoms. The van der Waals surface area contributed by atoms with Crippen molar-refractivity contribution >= 4 is 11.8 Å². The van der Waals surface area contributed by atoms with Gasteiger partial charge >= 0.3 is 0 Å². The molecule has 1 nitrogen and oxygen atoms in total. The van der Waals surface area contributed by atoms with E-state index in [1.165, 1.54) is 20.9 Å². The molecule has 0 saturated carbocycles. The summed E-state index contributed by atoms with van der Waals surface area (Å²) < 4.78 is 0. The first kappa shape index (κ1) is 15.1. The molecular weight excluding hydrogens is 262 g/mol. The van der Waals surface area contributed by atoms with Crippen LogP contribution in [-0.2, 0) is 6.54 Å². The number of hydrogen-bond acceptors (Lipinski definition) is 2. The highest BCUT2D eigenvalue weighted by molar-refractivity contribution is 7.99. The Balaban J connectivity index is 1.93. The van der Waals surface area contributed by atoms with E-state index in [-0.39, 0.29) is 0 Å². The molecule has 0 fully saturated rings. The Morgan fingerprint density at radius 2 is 1.70 bits per heavy atom. The number of benzene rings is 2. The number of rotatable bonds is 6. The average Bonchev–Trinajstić information content (AvgIpc) is 2.43. The molecule has 2 rings (SSSR count). The van der Waals surface area contributed by atoms with Crippen LogP contribution in [0.25, 0.3) is 0 Å². The van der Waals surface area contributed by atoms with Crippen molar-refractivity contribution in [3.8, 4) is 0 Å². The first-order chi connectivity index (χ1) is 9.65. The molecule has 2 aromatic rings. The summed E-state index contributed by atoms with van der Waals surface area (Å²) in [4.78, 5) is 2.63. The molecule has 0 radical (unpaired) electrons. The zero-order chi connectivity index (χ0) is 14.4. The van der Waals surface area contributed by atoms with Crippen molar-refractivity contribution in [2.24, 2.45) is 5.92 Å². The van der Waals surface area contributed by atoms with E-state index in [9.17, 15) is 0 Å². The van der Waals surface area contributed by atoms with Crippen molar-refractivity contribution in [2.45, 2.75) is 37.1 Å². The molecule has 0 amide bonds. The molecule has 0 aliphatic rings. The standard InChI is InChI=1S/C18H23NS/c1-14(2)12-19-13-16-8-10-17(11-9-16)20-18-7-5-4-6-15(18)3/h4-11,14,19H,12-13H2,1-3H3. The summed E-state index contributed by atoms with van der Waals surface area (Å²) in [7, 11) is 0. The van der Waals surface area contributed by atoms with Crippen LogP contribution in [0.1, 0.15) is 25.0 Å². The van der Waals surface area contributed by atoms with E-state index in [1.54, 1.807) is 0 Å². The van der Waals surface area contributed by atoms with Crippen LogP contribution in [0.5, 0.6) is 0 Å². The third-order valence-corrected chi connectivity index (χ3v) is 4.31. The fourth-order valence-electron chi connectivity index (χ4n) is 1.98. The third kappa shape index (κ3) is 4.69. The van der Waals surface area contributed by atoms with Crippen LogP contribution in [-0.4, -0.2) is 6.54 Å². The minimum absolute atomic E-state index is 0.700. The Kier molecular flexibility index (Phi) is 5.69. The molecule has 1 N–H and O–H groups in total. The van der Waals surface area contributed by atoms with Gasteiger partial charge in [0.2, 0.25) is 0 Å². The summed E-state index contributed by atoms with van der Waals surface area (Å²) in [6.07, 6.45) is 0. The van der Waals surface area contributed by atoms with Crippen molar-refractivity contribution < 1.29 is 0 Å². The maximum Gasteiger partial charge on any atom is 0.0205 e. The number of nitrogens with one attached hydrogen (secondary N) is 1. The molecule has 0 aliphatic heterocycles. The molecule has 2 heteroatoms. The second kappa shape index (κ2) is 7.51. The van der Waals surface area contributed by atoms with Gasteiger partial charge in [0, 0.05) is 16.3 Å². The van der Waals surface area contributed by atoms with E-state index < -0.39 is 0 Å². The van der Waals surface area contributed by atoms with Gasteiger partial charge in [0.25, 0.3) is 0 Å². The van der Waals surface area contributed by atoms with Gasteiger partial charge < -0.3 is 5.32 Å². The molecular formula is C18H23NS.